The summed E-state index contributed by atoms with van der Waals surface area (Å²) in [6, 6.07) is 22.9. The third-order valence-corrected chi connectivity index (χ3v) is 8.83. The van der Waals surface area contributed by atoms with Crippen molar-refractivity contribution in [3.63, 3.8) is 0 Å². The van der Waals surface area contributed by atoms with Crippen LogP contribution in [0.5, 0.6) is 0 Å². The minimum absolute atomic E-state index is 0.0224. The second-order valence-electron chi connectivity index (χ2n) is 9.80. The van der Waals surface area contributed by atoms with Gasteiger partial charge in [-0.15, -0.1) is 0 Å². The van der Waals surface area contributed by atoms with E-state index in [1.54, 1.807) is 29.2 Å². The average Bonchev–Trinajstić information content (AvgIpc) is 2.94. The molecule has 8 heteroatoms. The summed E-state index contributed by atoms with van der Waals surface area (Å²) < 4.78 is 41.3. The van der Waals surface area contributed by atoms with Gasteiger partial charge in [0.1, 0.15) is 5.82 Å². The number of nitrogens with zero attached hydrogens (tertiary/aromatic N) is 3. The minimum Gasteiger partial charge on any atom is -0.336 e. The van der Waals surface area contributed by atoms with E-state index in [2.05, 4.69) is 28.9 Å². The molecule has 1 aromatic heterocycles. The van der Waals surface area contributed by atoms with E-state index in [1.807, 2.05) is 18.2 Å². The highest BCUT2D eigenvalue weighted by molar-refractivity contribution is 7.90. The molecule has 0 aliphatic carbocycles. The normalized spacial score (nSPS) is 15.5. The number of aromatic nitrogens is 1. The van der Waals surface area contributed by atoms with Gasteiger partial charge < -0.3 is 4.90 Å². The van der Waals surface area contributed by atoms with Crippen molar-refractivity contribution in [2.24, 2.45) is 0 Å². The summed E-state index contributed by atoms with van der Waals surface area (Å²) in [5.74, 6) is -1.07. The van der Waals surface area contributed by atoms with Gasteiger partial charge in [-0.1, -0.05) is 61.5 Å². The maximum absolute atomic E-state index is 15.0. The minimum atomic E-state index is -3.86. The quantitative estimate of drug-likeness (QED) is 0.339. The Morgan fingerprint density at radius 1 is 0.947 bits per heavy atom. The molecule has 1 amide bonds. The van der Waals surface area contributed by atoms with Gasteiger partial charge in [0.05, 0.1) is 16.2 Å². The van der Waals surface area contributed by atoms with Crippen molar-refractivity contribution < 1.29 is 17.6 Å². The fourth-order valence-electron chi connectivity index (χ4n) is 5.00. The number of para-hydroxylation sites is 1. The Morgan fingerprint density at radius 3 is 2.42 bits per heavy atom. The van der Waals surface area contributed by atoms with Crippen molar-refractivity contribution in [2.75, 3.05) is 32.7 Å². The molecular formula is C30H30FN3O3S. The van der Waals surface area contributed by atoms with Crippen molar-refractivity contribution in [2.45, 2.75) is 23.5 Å². The van der Waals surface area contributed by atoms with Crippen LogP contribution in [0.1, 0.15) is 34.3 Å². The zero-order valence-electron chi connectivity index (χ0n) is 21.3. The topological polar surface area (TPSA) is 70.6 Å². The van der Waals surface area contributed by atoms with Crippen molar-refractivity contribution >= 4 is 26.6 Å². The van der Waals surface area contributed by atoms with E-state index in [1.165, 1.54) is 30.0 Å². The lowest BCUT2D eigenvalue weighted by Gasteiger charge is -2.36. The zero-order valence-corrected chi connectivity index (χ0v) is 22.1. The number of piperazine rings is 1. The van der Waals surface area contributed by atoms with Crippen molar-refractivity contribution in [1.29, 1.82) is 0 Å². The number of fused-ring (bicyclic) bond motifs is 1. The lowest BCUT2D eigenvalue weighted by molar-refractivity contribution is 0.0631. The molecule has 1 aliphatic rings. The van der Waals surface area contributed by atoms with Crippen molar-refractivity contribution in [3.8, 4) is 0 Å². The highest BCUT2D eigenvalue weighted by Crippen LogP contribution is 2.26. The fourth-order valence-corrected chi connectivity index (χ4v) is 6.55. The number of carbonyl (C=O) groups excluding carboxylic acids is 1. The summed E-state index contributed by atoms with van der Waals surface area (Å²) in [5, 5.41) is 0.699. The molecule has 196 valence electrons. The Hall–Kier alpha value is -3.62. The van der Waals surface area contributed by atoms with Crippen LogP contribution in [-0.4, -0.2) is 61.8 Å². The maximum atomic E-state index is 15.0. The summed E-state index contributed by atoms with van der Waals surface area (Å²) in [4.78, 5) is 21.4. The first-order valence-corrected chi connectivity index (χ1v) is 14.4. The van der Waals surface area contributed by atoms with Gasteiger partial charge in [0.15, 0.2) is 9.84 Å². The summed E-state index contributed by atoms with van der Waals surface area (Å²) >= 11 is 0. The van der Waals surface area contributed by atoms with Crippen LogP contribution in [0.3, 0.4) is 0 Å². The van der Waals surface area contributed by atoms with Gasteiger partial charge >= 0.3 is 0 Å². The molecule has 1 saturated heterocycles. The molecule has 1 fully saturated rings. The van der Waals surface area contributed by atoms with Crippen LogP contribution < -0.4 is 0 Å². The second kappa shape index (κ2) is 11.0. The molecule has 5 rings (SSSR count). The van der Waals surface area contributed by atoms with Gasteiger partial charge in [0, 0.05) is 55.4 Å². The van der Waals surface area contributed by atoms with Crippen molar-refractivity contribution in [1.82, 2.24) is 14.8 Å². The number of carbonyl (C=O) groups is 1. The summed E-state index contributed by atoms with van der Waals surface area (Å²) in [5.41, 5.74) is 1.90. The fraction of sp³-hybridized carbons (Fsp3) is 0.267. The Kier molecular flexibility index (Phi) is 7.53. The molecule has 6 nitrogen and oxygen atoms in total. The van der Waals surface area contributed by atoms with Crippen LogP contribution in [0.15, 0.2) is 90.0 Å². The second-order valence-corrected chi connectivity index (χ2v) is 11.8. The van der Waals surface area contributed by atoms with E-state index in [4.69, 9.17) is 0 Å². The number of pyridine rings is 1. The highest BCUT2D eigenvalue weighted by atomic mass is 32.2. The Labute approximate surface area is 222 Å². The van der Waals surface area contributed by atoms with Gasteiger partial charge in [-0.25, -0.2) is 12.8 Å². The number of sulfone groups is 1. The predicted octanol–water partition coefficient (Wildman–Crippen LogP) is 4.91. The Balaban J connectivity index is 1.23. The molecular weight excluding hydrogens is 501 g/mol. The molecule has 0 spiro atoms. The van der Waals surface area contributed by atoms with Gasteiger partial charge in [-0.3, -0.25) is 14.7 Å². The van der Waals surface area contributed by atoms with Crippen molar-refractivity contribution in [3.05, 3.63) is 108 Å². The van der Waals surface area contributed by atoms with E-state index < -0.39 is 21.4 Å². The van der Waals surface area contributed by atoms with E-state index >= 15 is 4.39 Å². The molecule has 38 heavy (non-hydrogen) atoms. The molecule has 1 unspecified atom stereocenters. The number of rotatable bonds is 7. The number of hydrogen-bond acceptors (Lipinski definition) is 5. The largest absolute Gasteiger partial charge is 0.336 e. The van der Waals surface area contributed by atoms with Crippen LogP contribution in [0.25, 0.3) is 10.9 Å². The Bertz CT molecular complexity index is 1550. The highest BCUT2D eigenvalue weighted by Gasteiger charge is 2.25. The van der Waals surface area contributed by atoms with Gasteiger partial charge in [-0.05, 0) is 35.7 Å². The van der Waals surface area contributed by atoms with E-state index in [9.17, 15) is 13.2 Å². The first-order valence-electron chi connectivity index (χ1n) is 12.7. The van der Waals surface area contributed by atoms with Gasteiger partial charge in [0.25, 0.3) is 5.91 Å². The molecule has 0 radical (unpaired) electrons. The van der Waals surface area contributed by atoms with Crippen LogP contribution in [-0.2, 0) is 15.6 Å². The maximum Gasteiger partial charge on any atom is 0.254 e. The summed E-state index contributed by atoms with van der Waals surface area (Å²) in [6.45, 7) is 5.74. The molecule has 2 heterocycles. The van der Waals surface area contributed by atoms with E-state index in [0.717, 1.165) is 25.7 Å². The zero-order chi connectivity index (χ0) is 26.7. The first-order chi connectivity index (χ1) is 18.3. The summed E-state index contributed by atoms with van der Waals surface area (Å²) in [6.07, 6.45) is 1.53. The van der Waals surface area contributed by atoms with Gasteiger partial charge in [0.2, 0.25) is 0 Å². The number of benzene rings is 3. The Morgan fingerprint density at radius 2 is 1.68 bits per heavy atom. The molecule has 1 atom stereocenters. The van der Waals surface area contributed by atoms with Crippen LogP contribution in [0.2, 0.25) is 0 Å². The number of halogens is 1. The lowest BCUT2D eigenvalue weighted by atomic mass is 10.0. The molecule has 0 N–H and O–H groups in total. The molecule has 1 aliphatic heterocycles. The third-order valence-electron chi connectivity index (χ3n) is 7.14. The molecule has 4 aromatic rings. The third kappa shape index (κ3) is 5.61. The number of amides is 1. The monoisotopic (exact) mass is 531 g/mol. The molecule has 0 bridgehead atoms. The van der Waals surface area contributed by atoms with E-state index in [-0.39, 0.29) is 21.9 Å². The van der Waals surface area contributed by atoms with Crippen LogP contribution in [0, 0.1) is 5.82 Å². The summed E-state index contributed by atoms with van der Waals surface area (Å²) in [7, 11) is -3.86. The predicted molar refractivity (Wildman–Crippen MR) is 146 cm³/mol. The van der Waals surface area contributed by atoms with Crippen LogP contribution in [0.4, 0.5) is 4.39 Å². The SMILES string of the molecule is CC(CN1CCN(C(=O)c2ccc(CS(=O)(=O)c3cccc4cccnc34)c(F)c2)CC1)c1ccccc1. The van der Waals surface area contributed by atoms with Crippen LogP contribution >= 0.6 is 0 Å². The molecule has 3 aromatic carbocycles. The standard InChI is InChI=1S/C30H30FN3O3S/c1-22(23-7-3-2-4-8-23)20-33-15-17-34(18-16-33)30(35)25-12-13-26(27(31)19-25)21-38(36,37)28-11-5-9-24-10-6-14-32-29(24)28/h2-14,19,22H,15-18,20-21H2,1H3. The average molecular weight is 532 g/mol. The smallest absolute Gasteiger partial charge is 0.254 e. The van der Waals surface area contributed by atoms with E-state index in [0.29, 0.717) is 29.9 Å². The van der Waals surface area contributed by atoms with Gasteiger partial charge in [-0.2, -0.15) is 0 Å². The molecule has 0 saturated carbocycles. The first kappa shape index (κ1) is 26.0. The lowest BCUT2D eigenvalue weighted by Crippen LogP contribution is -2.49. The number of hydrogen-bond donors (Lipinski definition) is 0.